The van der Waals surface area contributed by atoms with Gasteiger partial charge < -0.3 is 10.00 Å². The maximum atomic E-state index is 11.3. The Morgan fingerprint density at radius 1 is 1.69 bits per heavy atom. The first-order valence-electron chi connectivity index (χ1n) is 3.71. The van der Waals surface area contributed by atoms with Gasteiger partial charge in [-0.2, -0.15) is 5.06 Å². The number of hydroxylamine groups is 2. The normalized spacial score (nSPS) is 39.3. The van der Waals surface area contributed by atoms with Gasteiger partial charge in [-0.15, -0.1) is 0 Å². The van der Waals surface area contributed by atoms with Crippen molar-refractivity contribution < 1.29 is 24.6 Å². The molecule has 0 saturated carbocycles. The Morgan fingerprint density at radius 3 is 2.31 bits per heavy atom. The molecule has 3 atom stereocenters. The van der Waals surface area contributed by atoms with Gasteiger partial charge in [0.25, 0.3) is 5.91 Å². The highest BCUT2D eigenvalue weighted by Crippen LogP contribution is 2.56. The summed E-state index contributed by atoms with van der Waals surface area (Å²) in [5.74, 6) is -0.909. The summed E-state index contributed by atoms with van der Waals surface area (Å²) in [5.41, 5.74) is 0. The van der Waals surface area contributed by atoms with Crippen molar-refractivity contribution in [1.82, 2.24) is 5.06 Å². The van der Waals surface area contributed by atoms with E-state index in [4.69, 9.17) is 10.3 Å². The lowest BCUT2D eigenvalue weighted by atomic mass is 10.1. The molecule has 0 aromatic heterocycles. The van der Waals surface area contributed by atoms with Crippen LogP contribution in [0.3, 0.4) is 0 Å². The molecular formula is C6H12NO5P. The van der Waals surface area contributed by atoms with Crippen LogP contribution in [0, 0.1) is 0 Å². The second-order valence-electron chi connectivity index (χ2n) is 3.49. The number of carbonyl (C=O) groups is 1. The lowest BCUT2D eigenvalue weighted by molar-refractivity contribution is -0.190. The fourth-order valence-corrected chi connectivity index (χ4v) is 2.22. The summed E-state index contributed by atoms with van der Waals surface area (Å²) in [6, 6.07) is 0. The largest absolute Gasteiger partial charge is 0.371 e. The van der Waals surface area contributed by atoms with Crippen LogP contribution in [0.4, 0.5) is 0 Å². The SMILES string of the molecule is C[C@@]1(P(C)(=O)O)C[C@@H](O)N(O)C1=O. The second-order valence-corrected chi connectivity index (χ2v) is 6.23. The first-order valence-corrected chi connectivity index (χ1v) is 5.82. The van der Waals surface area contributed by atoms with Crippen LogP contribution in [0.5, 0.6) is 0 Å². The summed E-state index contributed by atoms with van der Waals surface area (Å²) in [7, 11) is -3.67. The molecule has 1 saturated heterocycles. The van der Waals surface area contributed by atoms with Gasteiger partial charge in [-0.3, -0.25) is 14.6 Å². The second kappa shape index (κ2) is 2.78. The monoisotopic (exact) mass is 209 g/mol. The van der Waals surface area contributed by atoms with Crippen molar-refractivity contribution in [2.24, 2.45) is 0 Å². The molecule has 3 N–H and O–H groups in total. The molecule has 0 spiro atoms. The number of aliphatic hydroxyl groups excluding tert-OH is 1. The first-order chi connectivity index (χ1) is 5.70. The lowest BCUT2D eigenvalue weighted by Gasteiger charge is -2.23. The smallest absolute Gasteiger partial charge is 0.264 e. The van der Waals surface area contributed by atoms with E-state index in [0.29, 0.717) is 0 Å². The number of aliphatic hydroxyl groups is 1. The van der Waals surface area contributed by atoms with Crippen LogP contribution in [-0.4, -0.2) is 44.2 Å². The number of carbonyl (C=O) groups excluding carboxylic acids is 1. The van der Waals surface area contributed by atoms with Gasteiger partial charge in [0, 0.05) is 13.1 Å². The molecular weight excluding hydrogens is 197 g/mol. The van der Waals surface area contributed by atoms with Gasteiger partial charge in [0.05, 0.1) is 0 Å². The Kier molecular flexibility index (Phi) is 2.28. The van der Waals surface area contributed by atoms with Gasteiger partial charge in [0.15, 0.2) is 6.23 Å². The number of rotatable bonds is 1. The van der Waals surface area contributed by atoms with Crippen LogP contribution < -0.4 is 0 Å². The van der Waals surface area contributed by atoms with Gasteiger partial charge in [-0.25, -0.2) is 0 Å². The Hall–Kier alpha value is -0.420. The van der Waals surface area contributed by atoms with E-state index in [1.54, 1.807) is 0 Å². The molecule has 6 nitrogen and oxygen atoms in total. The zero-order chi connectivity index (χ0) is 10.4. The average Bonchev–Trinajstić information content (AvgIpc) is 2.15. The average molecular weight is 209 g/mol. The molecule has 1 rings (SSSR count). The molecule has 1 aliphatic heterocycles. The maximum absolute atomic E-state index is 11.3. The third-order valence-corrected chi connectivity index (χ3v) is 4.65. The number of hydrogen-bond donors (Lipinski definition) is 3. The van der Waals surface area contributed by atoms with Crippen molar-refractivity contribution in [1.29, 1.82) is 0 Å². The van der Waals surface area contributed by atoms with Gasteiger partial charge in [-0.05, 0) is 6.92 Å². The highest BCUT2D eigenvalue weighted by molar-refractivity contribution is 7.60. The number of hydrogen-bond acceptors (Lipinski definition) is 4. The van der Waals surface area contributed by atoms with Crippen molar-refractivity contribution in [2.75, 3.05) is 6.66 Å². The minimum absolute atomic E-state index is 0.104. The summed E-state index contributed by atoms with van der Waals surface area (Å²) < 4.78 is 11.3. The lowest BCUT2D eigenvalue weighted by Crippen LogP contribution is -2.36. The van der Waals surface area contributed by atoms with Gasteiger partial charge >= 0.3 is 0 Å². The molecule has 1 fully saturated rings. The minimum atomic E-state index is -3.67. The Bertz CT molecular complexity index is 287. The van der Waals surface area contributed by atoms with Crippen LogP contribution in [0.25, 0.3) is 0 Å². The van der Waals surface area contributed by atoms with Crippen molar-refractivity contribution in [2.45, 2.75) is 24.7 Å². The molecule has 1 amide bonds. The molecule has 76 valence electrons. The molecule has 7 heteroatoms. The standard InChI is InChI=1S/C6H12NO5P/c1-6(13(2,11)12)3-4(8)7(10)5(6)9/h4,8,10H,3H2,1-2H3,(H,11,12)/t4-,6-/m1/s1. The summed E-state index contributed by atoms with van der Waals surface area (Å²) in [5, 5.41) is 16.6. The van der Waals surface area contributed by atoms with Crippen LogP contribution in [0.1, 0.15) is 13.3 Å². The predicted molar refractivity (Wildman–Crippen MR) is 43.4 cm³/mol. The first kappa shape index (κ1) is 10.7. The van der Waals surface area contributed by atoms with Crippen LogP contribution >= 0.6 is 7.37 Å². The van der Waals surface area contributed by atoms with Gasteiger partial charge in [0.2, 0.25) is 7.37 Å². The number of nitrogens with zero attached hydrogens (tertiary/aromatic N) is 1. The van der Waals surface area contributed by atoms with E-state index in [9.17, 15) is 14.3 Å². The molecule has 1 unspecified atom stereocenters. The molecule has 0 aromatic carbocycles. The number of amides is 1. The van der Waals surface area contributed by atoms with Gasteiger partial charge in [0.1, 0.15) is 5.16 Å². The van der Waals surface area contributed by atoms with Crippen molar-refractivity contribution in [3.05, 3.63) is 0 Å². The summed E-state index contributed by atoms with van der Waals surface area (Å²) in [6.07, 6.45) is -1.62. The van der Waals surface area contributed by atoms with E-state index in [1.807, 2.05) is 0 Å². The quantitative estimate of drug-likeness (QED) is 0.402. The van der Waals surface area contributed by atoms with Crippen molar-refractivity contribution in [3.63, 3.8) is 0 Å². The van der Waals surface area contributed by atoms with Crippen molar-refractivity contribution >= 4 is 13.3 Å². The van der Waals surface area contributed by atoms with E-state index in [2.05, 4.69) is 0 Å². The summed E-state index contributed by atoms with van der Waals surface area (Å²) in [4.78, 5) is 20.5. The van der Waals surface area contributed by atoms with E-state index in [-0.39, 0.29) is 11.5 Å². The molecule has 0 aromatic rings. The highest BCUT2D eigenvalue weighted by Gasteiger charge is 2.56. The Labute approximate surface area is 75.2 Å². The molecule has 13 heavy (non-hydrogen) atoms. The van der Waals surface area contributed by atoms with Crippen molar-refractivity contribution in [3.8, 4) is 0 Å². The van der Waals surface area contributed by atoms with E-state index < -0.39 is 24.7 Å². The fraction of sp³-hybridized carbons (Fsp3) is 0.833. The van der Waals surface area contributed by atoms with Crippen LogP contribution in [-0.2, 0) is 9.36 Å². The summed E-state index contributed by atoms with van der Waals surface area (Å²) in [6.45, 7) is 2.30. The fourth-order valence-electron chi connectivity index (χ4n) is 1.26. The third-order valence-electron chi connectivity index (χ3n) is 2.45. The molecule has 0 bridgehead atoms. The zero-order valence-electron chi connectivity index (χ0n) is 7.34. The molecule has 0 radical (unpaired) electrons. The van der Waals surface area contributed by atoms with E-state index >= 15 is 0 Å². The van der Waals surface area contributed by atoms with Gasteiger partial charge in [-0.1, -0.05) is 0 Å². The highest BCUT2D eigenvalue weighted by atomic mass is 31.2. The molecule has 1 heterocycles. The predicted octanol–water partition coefficient (Wildman–Crippen LogP) is -0.415. The molecule has 1 aliphatic rings. The van der Waals surface area contributed by atoms with Crippen LogP contribution in [0.2, 0.25) is 0 Å². The summed E-state index contributed by atoms with van der Waals surface area (Å²) >= 11 is 0. The molecule has 0 aliphatic carbocycles. The zero-order valence-corrected chi connectivity index (χ0v) is 8.23. The Balaban J connectivity index is 3.09. The topological polar surface area (TPSA) is 98.1 Å². The minimum Gasteiger partial charge on any atom is -0.371 e. The maximum Gasteiger partial charge on any atom is 0.264 e. The Morgan fingerprint density at radius 2 is 2.15 bits per heavy atom. The van der Waals surface area contributed by atoms with E-state index in [1.165, 1.54) is 6.92 Å². The third kappa shape index (κ3) is 1.40. The van der Waals surface area contributed by atoms with E-state index in [0.717, 1.165) is 6.66 Å². The van der Waals surface area contributed by atoms with Crippen LogP contribution in [0.15, 0.2) is 0 Å².